The Balaban J connectivity index is 0.00000240. The van der Waals surface area contributed by atoms with Crippen LogP contribution in [0.25, 0.3) is 0 Å². The van der Waals surface area contributed by atoms with Gasteiger partial charge in [0.1, 0.15) is 0 Å². The third-order valence-electron chi connectivity index (χ3n) is 8.58. The highest BCUT2D eigenvalue weighted by molar-refractivity contribution is 5.86. The van der Waals surface area contributed by atoms with Crippen LogP contribution >= 0.6 is 12.4 Å². The van der Waals surface area contributed by atoms with E-state index in [1.54, 1.807) is 0 Å². The van der Waals surface area contributed by atoms with Crippen LogP contribution in [0.4, 0.5) is 0 Å². The standard InChI is InChI=1S/C22H36N2O4.ClH/c1-4-27-17(26)20(12-19(13-20)6-5-7-19)15-24-16(25)22-10-8-21(14-23,9-11-22)28-18(22,2)3;/h4-15,23H2,1-3H3,(H,24,25);1H. The molecule has 5 aliphatic rings. The molecule has 5 fully saturated rings. The third kappa shape index (κ3) is 3.30. The number of nitrogens with two attached hydrogens (primary N) is 1. The molecular weight excluding hydrogens is 392 g/mol. The van der Waals surface area contributed by atoms with Crippen LogP contribution in [0.15, 0.2) is 0 Å². The second kappa shape index (κ2) is 7.38. The lowest BCUT2D eigenvalue weighted by molar-refractivity contribution is -0.266. The molecule has 2 aliphatic heterocycles. The highest BCUT2D eigenvalue weighted by Crippen LogP contribution is 2.65. The Morgan fingerprint density at radius 1 is 1.07 bits per heavy atom. The number of ether oxygens (including phenoxy) is 2. The van der Waals surface area contributed by atoms with E-state index in [1.807, 2.05) is 20.8 Å². The lowest BCUT2D eigenvalue weighted by Crippen LogP contribution is -2.69. The summed E-state index contributed by atoms with van der Waals surface area (Å²) in [6.07, 6.45) is 8.59. The number of halogens is 1. The number of fused-ring (bicyclic) bond motifs is 3. The van der Waals surface area contributed by atoms with Gasteiger partial charge in [-0.1, -0.05) is 6.42 Å². The van der Waals surface area contributed by atoms with Gasteiger partial charge in [-0.05, 0) is 77.6 Å². The van der Waals surface area contributed by atoms with Gasteiger partial charge >= 0.3 is 5.97 Å². The maximum atomic E-state index is 13.4. The minimum atomic E-state index is -0.557. The summed E-state index contributed by atoms with van der Waals surface area (Å²) >= 11 is 0. The van der Waals surface area contributed by atoms with Gasteiger partial charge in [0.2, 0.25) is 5.91 Å². The predicted molar refractivity (Wildman–Crippen MR) is 113 cm³/mol. The molecule has 0 unspecified atom stereocenters. The Kier molecular flexibility index (Phi) is 5.81. The van der Waals surface area contributed by atoms with E-state index in [-0.39, 0.29) is 29.9 Å². The molecule has 0 aromatic carbocycles. The predicted octanol–water partition coefficient (Wildman–Crippen LogP) is 3.10. The molecule has 2 bridgehead atoms. The average Bonchev–Trinajstić information content (AvgIpc) is 2.59. The molecular formula is C22H37ClN2O4. The summed E-state index contributed by atoms with van der Waals surface area (Å²) in [5.41, 5.74) is 4.39. The highest BCUT2D eigenvalue weighted by Gasteiger charge is 2.64. The Labute approximate surface area is 180 Å². The van der Waals surface area contributed by atoms with Crippen LogP contribution in [-0.2, 0) is 19.1 Å². The van der Waals surface area contributed by atoms with Crippen LogP contribution in [0.3, 0.4) is 0 Å². The van der Waals surface area contributed by atoms with Crippen molar-refractivity contribution in [1.29, 1.82) is 0 Å². The lowest BCUT2D eigenvalue weighted by Gasteiger charge is -2.61. The number of rotatable bonds is 6. The zero-order chi connectivity index (χ0) is 20.3. The van der Waals surface area contributed by atoms with Crippen molar-refractivity contribution in [3.8, 4) is 0 Å². The van der Waals surface area contributed by atoms with Crippen LogP contribution in [-0.4, -0.2) is 42.8 Å². The largest absolute Gasteiger partial charge is 0.466 e. The Hall–Kier alpha value is -0.850. The van der Waals surface area contributed by atoms with Crippen molar-refractivity contribution in [1.82, 2.24) is 5.32 Å². The Bertz CT molecular complexity index is 658. The molecule has 166 valence electrons. The smallest absolute Gasteiger partial charge is 0.313 e. The van der Waals surface area contributed by atoms with Gasteiger partial charge in [0.15, 0.2) is 0 Å². The normalized spacial score (nSPS) is 38.3. The van der Waals surface area contributed by atoms with Gasteiger partial charge in [-0.15, -0.1) is 12.4 Å². The minimum absolute atomic E-state index is 0. The number of esters is 1. The van der Waals surface area contributed by atoms with Crippen molar-refractivity contribution in [3.63, 3.8) is 0 Å². The quantitative estimate of drug-likeness (QED) is 0.634. The minimum Gasteiger partial charge on any atom is -0.466 e. The zero-order valence-corrected chi connectivity index (χ0v) is 18.9. The summed E-state index contributed by atoms with van der Waals surface area (Å²) in [5.74, 6) is -0.115. The number of nitrogens with one attached hydrogen (secondary N) is 1. The first-order chi connectivity index (χ1) is 13.2. The first-order valence-electron chi connectivity index (χ1n) is 11.0. The molecule has 3 aliphatic carbocycles. The van der Waals surface area contributed by atoms with Gasteiger partial charge in [0, 0.05) is 13.1 Å². The molecule has 1 amide bonds. The molecule has 2 heterocycles. The molecule has 6 nitrogen and oxygen atoms in total. The van der Waals surface area contributed by atoms with Gasteiger partial charge < -0.3 is 20.5 Å². The number of carbonyl (C=O) groups excluding carboxylic acids is 2. The van der Waals surface area contributed by atoms with Gasteiger partial charge in [-0.3, -0.25) is 9.59 Å². The molecule has 0 aromatic heterocycles. The monoisotopic (exact) mass is 428 g/mol. The number of carbonyl (C=O) groups is 2. The van der Waals surface area contributed by atoms with Gasteiger partial charge in [0.05, 0.1) is 28.6 Å². The zero-order valence-electron chi connectivity index (χ0n) is 18.1. The summed E-state index contributed by atoms with van der Waals surface area (Å²) in [6.45, 7) is 7.14. The maximum absolute atomic E-state index is 13.4. The third-order valence-corrected chi connectivity index (χ3v) is 8.58. The first-order valence-corrected chi connectivity index (χ1v) is 11.0. The molecule has 7 heteroatoms. The van der Waals surface area contributed by atoms with Crippen molar-refractivity contribution < 1.29 is 19.1 Å². The maximum Gasteiger partial charge on any atom is 0.313 e. The molecule has 3 saturated carbocycles. The lowest BCUT2D eigenvalue weighted by atomic mass is 9.45. The van der Waals surface area contributed by atoms with Crippen molar-refractivity contribution in [3.05, 3.63) is 0 Å². The number of hydrogen-bond donors (Lipinski definition) is 2. The molecule has 1 spiro atoms. The first kappa shape index (κ1) is 22.8. The highest BCUT2D eigenvalue weighted by atomic mass is 35.5. The fourth-order valence-electron chi connectivity index (χ4n) is 6.68. The second-order valence-electron chi connectivity index (χ2n) is 10.5. The van der Waals surface area contributed by atoms with E-state index in [4.69, 9.17) is 15.2 Å². The molecule has 3 N–H and O–H groups in total. The van der Waals surface area contributed by atoms with Crippen LogP contribution < -0.4 is 11.1 Å². The Morgan fingerprint density at radius 2 is 1.69 bits per heavy atom. The fraction of sp³-hybridized carbons (Fsp3) is 0.909. The van der Waals surface area contributed by atoms with Crippen LogP contribution in [0.5, 0.6) is 0 Å². The molecule has 5 rings (SSSR count). The number of amides is 1. The van der Waals surface area contributed by atoms with E-state index in [2.05, 4.69) is 5.32 Å². The summed E-state index contributed by atoms with van der Waals surface area (Å²) in [6, 6.07) is 0. The van der Waals surface area contributed by atoms with Crippen molar-refractivity contribution in [2.75, 3.05) is 19.7 Å². The molecule has 0 radical (unpaired) electrons. The van der Waals surface area contributed by atoms with E-state index in [1.165, 1.54) is 19.3 Å². The van der Waals surface area contributed by atoms with Crippen LogP contribution in [0.1, 0.15) is 78.6 Å². The van der Waals surface area contributed by atoms with E-state index in [0.29, 0.717) is 25.1 Å². The summed E-state index contributed by atoms with van der Waals surface area (Å²) < 4.78 is 11.8. The fourth-order valence-corrected chi connectivity index (χ4v) is 6.68. The van der Waals surface area contributed by atoms with Gasteiger partial charge in [-0.2, -0.15) is 0 Å². The molecule has 0 aromatic rings. The molecule has 29 heavy (non-hydrogen) atoms. The van der Waals surface area contributed by atoms with E-state index in [0.717, 1.165) is 38.5 Å². The van der Waals surface area contributed by atoms with Crippen molar-refractivity contribution >= 4 is 24.3 Å². The molecule has 2 saturated heterocycles. The SMILES string of the molecule is CCOC(=O)C1(CNC(=O)C23CCC(CN)(CC2)OC3(C)C)CC2(CCC2)C1.Cl. The van der Waals surface area contributed by atoms with Crippen molar-refractivity contribution in [2.24, 2.45) is 22.0 Å². The molecule has 0 atom stereocenters. The van der Waals surface area contributed by atoms with Crippen molar-refractivity contribution in [2.45, 2.75) is 89.8 Å². The van der Waals surface area contributed by atoms with Crippen LogP contribution in [0.2, 0.25) is 0 Å². The second-order valence-corrected chi connectivity index (χ2v) is 10.5. The summed E-state index contributed by atoms with van der Waals surface area (Å²) in [4.78, 5) is 26.1. The van der Waals surface area contributed by atoms with Gasteiger partial charge in [-0.25, -0.2) is 0 Å². The summed E-state index contributed by atoms with van der Waals surface area (Å²) in [7, 11) is 0. The van der Waals surface area contributed by atoms with Crippen LogP contribution in [0, 0.1) is 16.2 Å². The number of hydrogen-bond acceptors (Lipinski definition) is 5. The Morgan fingerprint density at radius 3 is 2.14 bits per heavy atom. The van der Waals surface area contributed by atoms with E-state index in [9.17, 15) is 9.59 Å². The summed E-state index contributed by atoms with van der Waals surface area (Å²) in [5, 5.41) is 3.17. The van der Waals surface area contributed by atoms with E-state index >= 15 is 0 Å². The van der Waals surface area contributed by atoms with Gasteiger partial charge in [0.25, 0.3) is 0 Å². The van der Waals surface area contributed by atoms with E-state index < -0.39 is 16.4 Å². The average molecular weight is 429 g/mol. The topological polar surface area (TPSA) is 90.7 Å².